The van der Waals surface area contributed by atoms with Gasteiger partial charge in [0.25, 0.3) is 0 Å². The van der Waals surface area contributed by atoms with Crippen molar-refractivity contribution < 1.29 is 4.74 Å². The highest BCUT2D eigenvalue weighted by atomic mass is 16.5. The second-order valence-corrected chi connectivity index (χ2v) is 5.33. The van der Waals surface area contributed by atoms with Crippen molar-refractivity contribution in [3.63, 3.8) is 0 Å². The van der Waals surface area contributed by atoms with E-state index in [0.717, 1.165) is 19.6 Å². The minimum absolute atomic E-state index is 0.400. The van der Waals surface area contributed by atoms with Crippen LogP contribution in [0.15, 0.2) is 0 Å². The van der Waals surface area contributed by atoms with Crippen LogP contribution in [0.4, 0.5) is 0 Å². The van der Waals surface area contributed by atoms with Gasteiger partial charge in [-0.05, 0) is 39.8 Å². The van der Waals surface area contributed by atoms with E-state index in [2.05, 4.69) is 37.9 Å². The third kappa shape index (κ3) is 5.83. The zero-order valence-electron chi connectivity index (χ0n) is 11.3. The third-order valence-corrected chi connectivity index (χ3v) is 2.95. The van der Waals surface area contributed by atoms with Crippen molar-refractivity contribution in [2.75, 3.05) is 26.2 Å². The number of morpholine rings is 1. The van der Waals surface area contributed by atoms with Gasteiger partial charge < -0.3 is 10.1 Å². The van der Waals surface area contributed by atoms with Crippen molar-refractivity contribution in [3.05, 3.63) is 0 Å². The number of nitrogens with zero attached hydrogens (tertiary/aromatic N) is 1. The molecule has 0 aromatic heterocycles. The zero-order chi connectivity index (χ0) is 12.0. The molecule has 0 aromatic rings. The molecule has 0 aromatic carbocycles. The molecule has 0 aliphatic carbocycles. The molecular weight excluding hydrogens is 200 g/mol. The van der Waals surface area contributed by atoms with Gasteiger partial charge in [0.15, 0.2) is 0 Å². The monoisotopic (exact) mass is 228 g/mol. The number of rotatable bonds is 6. The van der Waals surface area contributed by atoms with E-state index in [1.165, 1.54) is 19.4 Å². The summed E-state index contributed by atoms with van der Waals surface area (Å²) in [4.78, 5) is 2.54. The van der Waals surface area contributed by atoms with E-state index in [4.69, 9.17) is 4.74 Å². The smallest absolute Gasteiger partial charge is 0.0678 e. The molecule has 96 valence electrons. The Labute approximate surface area is 101 Å². The van der Waals surface area contributed by atoms with E-state index in [-0.39, 0.29) is 0 Å². The fourth-order valence-electron chi connectivity index (χ4n) is 2.32. The van der Waals surface area contributed by atoms with Crippen molar-refractivity contribution in [1.82, 2.24) is 10.2 Å². The summed E-state index contributed by atoms with van der Waals surface area (Å²) >= 11 is 0. The summed E-state index contributed by atoms with van der Waals surface area (Å²) < 4.78 is 5.72. The molecular formula is C13H28N2O. The lowest BCUT2D eigenvalue weighted by molar-refractivity contribution is -0.0681. The molecule has 0 bridgehead atoms. The zero-order valence-corrected chi connectivity index (χ0v) is 11.3. The summed E-state index contributed by atoms with van der Waals surface area (Å²) in [6.45, 7) is 13.3. The summed E-state index contributed by atoms with van der Waals surface area (Å²) in [7, 11) is 0. The number of nitrogens with one attached hydrogen (secondary N) is 1. The second-order valence-electron chi connectivity index (χ2n) is 5.33. The lowest BCUT2D eigenvalue weighted by Gasteiger charge is -2.35. The summed E-state index contributed by atoms with van der Waals surface area (Å²) in [5, 5.41) is 3.46. The van der Waals surface area contributed by atoms with Crippen LogP contribution in [0.3, 0.4) is 0 Å². The molecule has 1 heterocycles. The fourth-order valence-corrected chi connectivity index (χ4v) is 2.32. The first-order valence-electron chi connectivity index (χ1n) is 6.69. The molecule has 1 fully saturated rings. The van der Waals surface area contributed by atoms with Gasteiger partial charge in [-0.1, -0.05) is 13.8 Å². The van der Waals surface area contributed by atoms with Gasteiger partial charge in [0.05, 0.1) is 12.2 Å². The molecule has 0 spiro atoms. The van der Waals surface area contributed by atoms with E-state index >= 15 is 0 Å². The van der Waals surface area contributed by atoms with Crippen LogP contribution in [-0.2, 0) is 4.74 Å². The average molecular weight is 228 g/mol. The van der Waals surface area contributed by atoms with Crippen LogP contribution < -0.4 is 5.32 Å². The molecule has 16 heavy (non-hydrogen) atoms. The molecule has 3 heteroatoms. The molecule has 0 saturated carbocycles. The first-order valence-corrected chi connectivity index (χ1v) is 6.69. The Kier molecular flexibility index (Phi) is 6.32. The largest absolute Gasteiger partial charge is 0.373 e. The topological polar surface area (TPSA) is 24.5 Å². The van der Waals surface area contributed by atoms with E-state index in [1.54, 1.807) is 0 Å². The normalized spacial score (nSPS) is 27.6. The average Bonchev–Trinajstić information content (AvgIpc) is 2.15. The highest BCUT2D eigenvalue weighted by molar-refractivity contribution is 4.72. The van der Waals surface area contributed by atoms with Crippen molar-refractivity contribution in [3.8, 4) is 0 Å². The molecule has 0 amide bonds. The van der Waals surface area contributed by atoms with E-state index < -0.39 is 0 Å². The summed E-state index contributed by atoms with van der Waals surface area (Å²) in [5.41, 5.74) is 0. The van der Waals surface area contributed by atoms with Gasteiger partial charge in [-0.15, -0.1) is 0 Å². The van der Waals surface area contributed by atoms with Crippen molar-refractivity contribution >= 4 is 0 Å². The Morgan fingerprint density at radius 2 is 1.81 bits per heavy atom. The lowest BCUT2D eigenvalue weighted by atomic mass is 10.2. The van der Waals surface area contributed by atoms with Crippen LogP contribution >= 0.6 is 0 Å². The molecule has 0 radical (unpaired) electrons. The molecule has 2 atom stereocenters. The molecule has 1 saturated heterocycles. The van der Waals surface area contributed by atoms with Crippen molar-refractivity contribution in [2.45, 2.75) is 58.8 Å². The van der Waals surface area contributed by atoms with Crippen LogP contribution in [-0.4, -0.2) is 49.3 Å². The molecule has 1 aliphatic heterocycles. The molecule has 1 rings (SSSR count). The molecule has 3 nitrogen and oxygen atoms in total. The maximum atomic E-state index is 5.72. The standard InChI is InChI=1S/C13H28N2O/c1-11(2)14-7-5-6-8-15-9-12(3)16-13(4)10-15/h11-14H,5-10H2,1-4H3. The Morgan fingerprint density at radius 3 is 2.38 bits per heavy atom. The predicted octanol–water partition coefficient (Wildman–Crippen LogP) is 1.87. The molecule has 2 unspecified atom stereocenters. The summed E-state index contributed by atoms with van der Waals surface area (Å²) in [5.74, 6) is 0. The fraction of sp³-hybridized carbons (Fsp3) is 1.00. The van der Waals surface area contributed by atoms with Gasteiger partial charge in [0, 0.05) is 19.1 Å². The van der Waals surface area contributed by atoms with Gasteiger partial charge in [0.1, 0.15) is 0 Å². The number of unbranched alkanes of at least 4 members (excludes halogenated alkanes) is 1. The van der Waals surface area contributed by atoms with E-state index in [1.807, 2.05) is 0 Å². The van der Waals surface area contributed by atoms with Crippen LogP contribution in [0.5, 0.6) is 0 Å². The van der Waals surface area contributed by atoms with Crippen LogP contribution in [0.25, 0.3) is 0 Å². The highest BCUT2D eigenvalue weighted by Crippen LogP contribution is 2.10. The molecule has 1 N–H and O–H groups in total. The van der Waals surface area contributed by atoms with Crippen molar-refractivity contribution in [2.24, 2.45) is 0 Å². The Balaban J connectivity index is 2.04. The van der Waals surface area contributed by atoms with E-state index in [9.17, 15) is 0 Å². The first-order chi connectivity index (χ1) is 7.58. The van der Waals surface area contributed by atoms with Gasteiger partial charge >= 0.3 is 0 Å². The summed E-state index contributed by atoms with van der Waals surface area (Å²) in [6.07, 6.45) is 3.37. The number of ether oxygens (including phenoxy) is 1. The Bertz CT molecular complexity index is 175. The first kappa shape index (κ1) is 13.9. The van der Waals surface area contributed by atoms with Gasteiger partial charge in [-0.3, -0.25) is 4.90 Å². The maximum absolute atomic E-state index is 5.72. The van der Waals surface area contributed by atoms with Crippen LogP contribution in [0, 0.1) is 0 Å². The second kappa shape index (κ2) is 7.25. The number of hydrogen-bond donors (Lipinski definition) is 1. The van der Waals surface area contributed by atoms with E-state index in [0.29, 0.717) is 18.2 Å². The predicted molar refractivity (Wildman–Crippen MR) is 68.8 cm³/mol. The number of hydrogen-bond acceptors (Lipinski definition) is 3. The minimum atomic E-state index is 0.400. The quantitative estimate of drug-likeness (QED) is 0.703. The summed E-state index contributed by atoms with van der Waals surface area (Å²) in [6, 6.07) is 0.614. The maximum Gasteiger partial charge on any atom is 0.0678 e. The van der Waals surface area contributed by atoms with Gasteiger partial charge in [-0.2, -0.15) is 0 Å². The van der Waals surface area contributed by atoms with Crippen LogP contribution in [0.2, 0.25) is 0 Å². The Morgan fingerprint density at radius 1 is 1.19 bits per heavy atom. The third-order valence-electron chi connectivity index (χ3n) is 2.95. The molecule has 1 aliphatic rings. The van der Waals surface area contributed by atoms with Crippen LogP contribution in [0.1, 0.15) is 40.5 Å². The van der Waals surface area contributed by atoms with Crippen molar-refractivity contribution in [1.29, 1.82) is 0 Å². The lowest BCUT2D eigenvalue weighted by Crippen LogP contribution is -2.45. The van der Waals surface area contributed by atoms with Gasteiger partial charge in [0.2, 0.25) is 0 Å². The van der Waals surface area contributed by atoms with Gasteiger partial charge in [-0.25, -0.2) is 0 Å². The minimum Gasteiger partial charge on any atom is -0.373 e. The SMILES string of the molecule is CC(C)NCCCCN1CC(C)OC(C)C1. The highest BCUT2D eigenvalue weighted by Gasteiger charge is 2.21. The Hall–Kier alpha value is -0.120.